The predicted octanol–water partition coefficient (Wildman–Crippen LogP) is 3.52. The molecule has 0 unspecified atom stereocenters. The molecule has 1 amide bonds. The average molecular weight is 325 g/mol. The molecule has 0 spiro atoms. The lowest BCUT2D eigenvalue weighted by molar-refractivity contribution is -0.143. The first kappa shape index (κ1) is 16.1. The van der Waals surface area contributed by atoms with Gasteiger partial charge < -0.3 is 9.84 Å². The van der Waals surface area contributed by atoms with E-state index in [4.69, 9.17) is 4.74 Å². The minimum atomic E-state index is -1.66. The summed E-state index contributed by atoms with van der Waals surface area (Å²) in [5, 5.41) is 12.6. The molecule has 0 atom stereocenters. The number of carbonyl (C=O) groups is 2. The average Bonchev–Trinajstić information content (AvgIpc) is 2.78. The smallest absolute Gasteiger partial charge is 0.409 e. The highest BCUT2D eigenvalue weighted by molar-refractivity contribution is 5.99. The number of carboxylic acids is 1. The van der Waals surface area contributed by atoms with Gasteiger partial charge in [0.05, 0.1) is 0 Å². The number of aliphatic carboxylic acids is 1. The molecular formula is C19H19NO4. The van der Waals surface area contributed by atoms with Crippen molar-refractivity contribution in [3.05, 3.63) is 59.7 Å². The molecule has 0 aliphatic heterocycles. The van der Waals surface area contributed by atoms with Crippen LogP contribution in [0.4, 0.5) is 4.79 Å². The van der Waals surface area contributed by atoms with Crippen molar-refractivity contribution in [1.82, 2.24) is 5.32 Å². The minimum absolute atomic E-state index is 0.532. The van der Waals surface area contributed by atoms with E-state index in [-0.39, 0.29) is 0 Å². The van der Waals surface area contributed by atoms with E-state index in [0.717, 1.165) is 11.1 Å². The Labute approximate surface area is 140 Å². The van der Waals surface area contributed by atoms with Crippen molar-refractivity contribution in [3.63, 3.8) is 0 Å². The summed E-state index contributed by atoms with van der Waals surface area (Å²) in [6.45, 7) is 5.20. The Morgan fingerprint density at radius 1 is 0.958 bits per heavy atom. The van der Waals surface area contributed by atoms with Crippen molar-refractivity contribution >= 4 is 12.1 Å². The van der Waals surface area contributed by atoms with E-state index in [1.54, 1.807) is 45.0 Å². The van der Waals surface area contributed by atoms with Crippen LogP contribution in [0.5, 0.6) is 0 Å². The Bertz CT molecular complexity index is 775. The second-order valence-corrected chi connectivity index (χ2v) is 6.77. The SMILES string of the molecule is CC(C)(C)OC(=O)NC1(C(=O)O)c2ccccc2-c2ccccc21. The number of fused-ring (bicyclic) bond motifs is 3. The van der Waals surface area contributed by atoms with E-state index >= 15 is 0 Å². The number of alkyl carbamates (subject to hydrolysis) is 1. The normalized spacial score (nSPS) is 14.5. The van der Waals surface area contributed by atoms with Crippen LogP contribution in [-0.4, -0.2) is 22.8 Å². The Balaban J connectivity index is 2.17. The fourth-order valence-electron chi connectivity index (χ4n) is 3.11. The van der Waals surface area contributed by atoms with Crippen molar-refractivity contribution in [2.24, 2.45) is 0 Å². The third-order valence-electron chi connectivity index (χ3n) is 3.96. The number of benzene rings is 2. The first-order valence-corrected chi connectivity index (χ1v) is 7.69. The molecule has 2 aromatic carbocycles. The molecule has 0 heterocycles. The number of carbonyl (C=O) groups excluding carboxylic acids is 1. The van der Waals surface area contributed by atoms with Gasteiger partial charge in [0.25, 0.3) is 0 Å². The maximum atomic E-state index is 12.3. The molecule has 2 N–H and O–H groups in total. The monoisotopic (exact) mass is 325 g/mol. The van der Waals surface area contributed by atoms with Gasteiger partial charge in [-0.2, -0.15) is 0 Å². The van der Waals surface area contributed by atoms with Crippen molar-refractivity contribution in [2.75, 3.05) is 0 Å². The molecule has 0 aromatic heterocycles. The van der Waals surface area contributed by atoms with Crippen LogP contribution in [0.25, 0.3) is 11.1 Å². The maximum absolute atomic E-state index is 12.3. The number of nitrogens with one attached hydrogen (secondary N) is 1. The van der Waals surface area contributed by atoms with Crippen LogP contribution >= 0.6 is 0 Å². The van der Waals surface area contributed by atoms with Gasteiger partial charge in [-0.1, -0.05) is 48.5 Å². The highest BCUT2D eigenvalue weighted by Gasteiger charge is 2.51. The van der Waals surface area contributed by atoms with E-state index < -0.39 is 23.2 Å². The molecule has 0 saturated heterocycles. The van der Waals surface area contributed by atoms with Gasteiger partial charge in [-0.05, 0) is 31.9 Å². The fourth-order valence-corrected chi connectivity index (χ4v) is 3.11. The van der Waals surface area contributed by atoms with Crippen LogP contribution in [0.1, 0.15) is 31.9 Å². The molecule has 1 aliphatic carbocycles. The van der Waals surface area contributed by atoms with Gasteiger partial charge in [-0.25, -0.2) is 9.59 Å². The molecule has 0 bridgehead atoms. The molecule has 0 radical (unpaired) electrons. The fraction of sp³-hybridized carbons (Fsp3) is 0.263. The van der Waals surface area contributed by atoms with Gasteiger partial charge in [0.15, 0.2) is 5.54 Å². The van der Waals surface area contributed by atoms with Crippen LogP contribution in [-0.2, 0) is 15.1 Å². The number of hydrogen-bond acceptors (Lipinski definition) is 3. The molecule has 5 heteroatoms. The summed E-state index contributed by atoms with van der Waals surface area (Å²) in [4.78, 5) is 24.6. The number of hydrogen-bond donors (Lipinski definition) is 2. The van der Waals surface area contributed by atoms with Crippen LogP contribution in [0.2, 0.25) is 0 Å². The van der Waals surface area contributed by atoms with Gasteiger partial charge in [0.2, 0.25) is 0 Å². The molecule has 3 rings (SSSR count). The zero-order chi connectivity index (χ0) is 17.5. The highest BCUT2D eigenvalue weighted by Crippen LogP contribution is 2.47. The lowest BCUT2D eigenvalue weighted by atomic mass is 9.87. The number of rotatable bonds is 2. The third kappa shape index (κ3) is 2.42. The molecule has 24 heavy (non-hydrogen) atoms. The summed E-state index contributed by atoms with van der Waals surface area (Å²) in [5.74, 6) is -1.15. The molecular weight excluding hydrogens is 306 g/mol. The Morgan fingerprint density at radius 2 is 1.42 bits per heavy atom. The van der Waals surface area contributed by atoms with Crippen LogP contribution in [0, 0.1) is 0 Å². The maximum Gasteiger partial charge on any atom is 0.409 e. The standard InChI is InChI=1S/C19H19NO4/c1-18(2,3)24-17(23)20-19(16(21)22)14-10-6-4-8-12(14)13-9-5-7-11-15(13)19/h4-11H,1-3H3,(H,20,23)(H,21,22). The quantitative estimate of drug-likeness (QED) is 0.886. The first-order chi connectivity index (χ1) is 11.3. The summed E-state index contributed by atoms with van der Waals surface area (Å²) >= 11 is 0. The summed E-state index contributed by atoms with van der Waals surface area (Å²) in [6, 6.07) is 14.4. The Hall–Kier alpha value is -2.82. The molecule has 124 valence electrons. The molecule has 1 aliphatic rings. The second kappa shape index (κ2) is 5.37. The second-order valence-electron chi connectivity index (χ2n) is 6.77. The van der Waals surface area contributed by atoms with Crippen molar-refractivity contribution in [1.29, 1.82) is 0 Å². The lowest BCUT2D eigenvalue weighted by Gasteiger charge is -2.30. The molecule has 0 saturated carbocycles. The summed E-state index contributed by atoms with van der Waals surface area (Å²) < 4.78 is 5.29. The minimum Gasteiger partial charge on any atom is -0.479 e. The number of amides is 1. The van der Waals surface area contributed by atoms with Crippen LogP contribution < -0.4 is 5.32 Å². The van der Waals surface area contributed by atoms with E-state index in [1.807, 2.05) is 24.3 Å². The highest BCUT2D eigenvalue weighted by atomic mass is 16.6. The molecule has 0 fully saturated rings. The molecule has 2 aromatic rings. The third-order valence-corrected chi connectivity index (χ3v) is 3.96. The summed E-state index contributed by atoms with van der Waals surface area (Å²) in [7, 11) is 0. The number of carboxylic acid groups (broad SMARTS) is 1. The summed E-state index contributed by atoms with van der Waals surface area (Å²) in [6.07, 6.45) is -0.767. The Kier molecular flexibility index (Phi) is 3.59. The van der Waals surface area contributed by atoms with Gasteiger partial charge in [-0.15, -0.1) is 0 Å². The number of ether oxygens (including phenoxy) is 1. The van der Waals surface area contributed by atoms with Crippen molar-refractivity contribution < 1.29 is 19.4 Å². The lowest BCUT2D eigenvalue weighted by Crippen LogP contribution is -2.52. The van der Waals surface area contributed by atoms with E-state index in [9.17, 15) is 14.7 Å². The van der Waals surface area contributed by atoms with Gasteiger partial charge >= 0.3 is 12.1 Å². The van der Waals surface area contributed by atoms with Crippen LogP contribution in [0.3, 0.4) is 0 Å². The topological polar surface area (TPSA) is 75.6 Å². The largest absolute Gasteiger partial charge is 0.479 e. The van der Waals surface area contributed by atoms with E-state index in [0.29, 0.717) is 11.1 Å². The van der Waals surface area contributed by atoms with Crippen LogP contribution in [0.15, 0.2) is 48.5 Å². The van der Waals surface area contributed by atoms with Crippen molar-refractivity contribution in [2.45, 2.75) is 31.9 Å². The Morgan fingerprint density at radius 3 is 1.83 bits per heavy atom. The van der Waals surface area contributed by atoms with Gasteiger partial charge in [0.1, 0.15) is 5.60 Å². The first-order valence-electron chi connectivity index (χ1n) is 7.69. The zero-order valence-corrected chi connectivity index (χ0v) is 13.8. The van der Waals surface area contributed by atoms with E-state index in [1.165, 1.54) is 0 Å². The zero-order valence-electron chi connectivity index (χ0n) is 13.8. The van der Waals surface area contributed by atoms with Gasteiger partial charge in [-0.3, -0.25) is 5.32 Å². The summed E-state index contributed by atoms with van der Waals surface area (Å²) in [5.41, 5.74) is 0.281. The predicted molar refractivity (Wildman–Crippen MR) is 89.7 cm³/mol. The van der Waals surface area contributed by atoms with Crippen molar-refractivity contribution in [3.8, 4) is 11.1 Å². The van der Waals surface area contributed by atoms with Gasteiger partial charge in [0, 0.05) is 11.1 Å². The molecule has 5 nitrogen and oxygen atoms in total. The van der Waals surface area contributed by atoms with E-state index in [2.05, 4.69) is 5.32 Å².